The molecule has 7 heteroatoms. The second-order valence-electron chi connectivity index (χ2n) is 6.70. The van der Waals surface area contributed by atoms with E-state index in [0.717, 1.165) is 12.8 Å². The number of aryl methyl sites for hydroxylation is 1. The molecule has 1 heterocycles. The van der Waals surface area contributed by atoms with Crippen molar-refractivity contribution < 1.29 is 17.9 Å². The molecule has 0 amide bonds. The first kappa shape index (κ1) is 18.7. The number of hydrogen-bond donors (Lipinski definition) is 2. The van der Waals surface area contributed by atoms with Crippen molar-refractivity contribution in [1.82, 2.24) is 9.71 Å². The van der Waals surface area contributed by atoms with Crippen molar-refractivity contribution in [2.75, 3.05) is 6.61 Å². The highest BCUT2D eigenvalue weighted by atomic mass is 32.2. The van der Waals surface area contributed by atoms with E-state index in [9.17, 15) is 13.2 Å². The summed E-state index contributed by atoms with van der Waals surface area (Å²) in [6.07, 6.45) is 1.55. The van der Waals surface area contributed by atoms with Crippen LogP contribution in [-0.2, 0) is 14.8 Å². The molecule has 3 rings (SSSR count). The number of H-pyrrole nitrogens is 1. The normalized spacial score (nSPS) is 19.8. The Balaban J connectivity index is 1.73. The van der Waals surface area contributed by atoms with Crippen LogP contribution in [0.1, 0.15) is 53.0 Å². The lowest BCUT2D eigenvalue weighted by Gasteiger charge is -2.36. The highest BCUT2D eigenvalue weighted by Gasteiger charge is 2.35. The smallest absolute Gasteiger partial charge is 0.355 e. The minimum absolute atomic E-state index is 0.0926. The third kappa shape index (κ3) is 3.54. The average Bonchev–Trinajstić information content (AvgIpc) is 2.87. The van der Waals surface area contributed by atoms with E-state index in [4.69, 9.17) is 4.74 Å². The van der Waals surface area contributed by atoms with Crippen LogP contribution >= 0.6 is 0 Å². The summed E-state index contributed by atoms with van der Waals surface area (Å²) in [7, 11) is -3.70. The van der Waals surface area contributed by atoms with Crippen LogP contribution < -0.4 is 4.72 Å². The largest absolute Gasteiger partial charge is 0.461 e. The minimum atomic E-state index is -3.70. The number of hydrogen-bond acceptors (Lipinski definition) is 4. The Morgan fingerprint density at radius 2 is 1.88 bits per heavy atom. The van der Waals surface area contributed by atoms with E-state index < -0.39 is 16.0 Å². The third-order valence-electron chi connectivity index (χ3n) is 4.85. The molecule has 2 N–H and O–H groups in total. The summed E-state index contributed by atoms with van der Waals surface area (Å²) in [5, 5.41) is 0. The predicted octanol–water partition coefficient (Wildman–Crippen LogP) is 3.03. The van der Waals surface area contributed by atoms with Crippen molar-refractivity contribution in [1.29, 1.82) is 0 Å². The molecule has 0 bridgehead atoms. The lowest BCUT2D eigenvalue weighted by Crippen LogP contribution is -2.43. The Morgan fingerprint density at radius 3 is 2.50 bits per heavy atom. The second kappa shape index (κ2) is 7.25. The molecular formula is C19H24N2O4S. The van der Waals surface area contributed by atoms with Crippen molar-refractivity contribution in [2.45, 2.75) is 50.5 Å². The van der Waals surface area contributed by atoms with Gasteiger partial charge in [0.15, 0.2) is 0 Å². The van der Waals surface area contributed by atoms with Gasteiger partial charge in [0.05, 0.1) is 6.61 Å². The van der Waals surface area contributed by atoms with Crippen molar-refractivity contribution in [3.8, 4) is 0 Å². The zero-order valence-corrected chi connectivity index (χ0v) is 16.0. The maximum atomic E-state index is 12.8. The van der Waals surface area contributed by atoms with Gasteiger partial charge in [-0.1, -0.05) is 30.3 Å². The first-order chi connectivity index (χ1) is 12.3. The zero-order chi connectivity index (χ0) is 18.9. The second-order valence-corrected chi connectivity index (χ2v) is 8.35. The number of carbonyl (C=O) groups excluding carboxylic acids is 1. The van der Waals surface area contributed by atoms with Crippen LogP contribution in [0.15, 0.2) is 35.2 Å². The fourth-order valence-corrected chi connectivity index (χ4v) is 5.24. The third-order valence-corrected chi connectivity index (χ3v) is 6.64. The van der Waals surface area contributed by atoms with Crippen molar-refractivity contribution in [3.05, 3.63) is 52.8 Å². The van der Waals surface area contributed by atoms with Gasteiger partial charge in [-0.15, -0.1) is 0 Å². The lowest BCUT2D eigenvalue weighted by atomic mass is 9.76. The first-order valence-electron chi connectivity index (χ1n) is 8.77. The molecule has 1 saturated carbocycles. The van der Waals surface area contributed by atoms with Gasteiger partial charge in [0.2, 0.25) is 10.0 Å². The molecule has 0 radical (unpaired) electrons. The molecule has 1 fully saturated rings. The van der Waals surface area contributed by atoms with E-state index in [0.29, 0.717) is 17.2 Å². The van der Waals surface area contributed by atoms with Crippen LogP contribution in [0.3, 0.4) is 0 Å². The maximum Gasteiger partial charge on any atom is 0.355 e. The van der Waals surface area contributed by atoms with Crippen LogP contribution in [0.5, 0.6) is 0 Å². The first-order valence-corrected chi connectivity index (χ1v) is 10.2. The van der Waals surface area contributed by atoms with Gasteiger partial charge in [-0.3, -0.25) is 0 Å². The standard InChI is InChI=1S/C19H24N2O4S/c1-4-25-19(22)17-12(2)18(13(3)20-17)26(23,24)21-16-10-15(11-16)14-8-6-5-7-9-14/h5-9,15-16,20-21H,4,10-11H2,1-3H3. The summed E-state index contributed by atoms with van der Waals surface area (Å²) in [6.45, 7) is 5.22. The summed E-state index contributed by atoms with van der Waals surface area (Å²) in [4.78, 5) is 15.0. The van der Waals surface area contributed by atoms with Crippen LogP contribution in [0.25, 0.3) is 0 Å². The van der Waals surface area contributed by atoms with E-state index in [1.807, 2.05) is 18.2 Å². The zero-order valence-electron chi connectivity index (χ0n) is 15.2. The number of sulfonamides is 1. The molecule has 6 nitrogen and oxygen atoms in total. The Hall–Kier alpha value is -2.12. The molecule has 0 unspecified atom stereocenters. The molecule has 1 aliphatic carbocycles. The van der Waals surface area contributed by atoms with Crippen molar-refractivity contribution >= 4 is 16.0 Å². The van der Waals surface area contributed by atoms with Gasteiger partial charge >= 0.3 is 5.97 Å². The molecule has 0 atom stereocenters. The fourth-order valence-electron chi connectivity index (χ4n) is 3.53. The maximum absolute atomic E-state index is 12.8. The summed E-state index contributed by atoms with van der Waals surface area (Å²) in [6, 6.07) is 10.0. The molecule has 26 heavy (non-hydrogen) atoms. The number of benzene rings is 1. The average molecular weight is 376 g/mol. The van der Waals surface area contributed by atoms with Crippen molar-refractivity contribution in [2.24, 2.45) is 0 Å². The van der Waals surface area contributed by atoms with Gasteiger partial charge < -0.3 is 9.72 Å². The van der Waals surface area contributed by atoms with E-state index in [1.54, 1.807) is 20.8 Å². The number of aromatic nitrogens is 1. The van der Waals surface area contributed by atoms with E-state index in [-0.39, 0.29) is 23.2 Å². The molecular weight excluding hydrogens is 352 g/mol. The number of ether oxygens (including phenoxy) is 1. The number of rotatable bonds is 6. The predicted molar refractivity (Wildman–Crippen MR) is 98.7 cm³/mol. The molecule has 0 aliphatic heterocycles. The van der Waals surface area contributed by atoms with Crippen LogP contribution in [0.2, 0.25) is 0 Å². The fraction of sp³-hybridized carbons (Fsp3) is 0.421. The molecule has 1 aromatic carbocycles. The van der Waals surface area contributed by atoms with Crippen molar-refractivity contribution in [3.63, 3.8) is 0 Å². The molecule has 2 aromatic rings. The SMILES string of the molecule is CCOC(=O)c1[nH]c(C)c(S(=O)(=O)NC2CC(c3ccccc3)C2)c1C. The summed E-state index contributed by atoms with van der Waals surface area (Å²) >= 11 is 0. The topological polar surface area (TPSA) is 88.3 Å². The van der Waals surface area contributed by atoms with Gasteiger partial charge in [-0.25, -0.2) is 17.9 Å². The molecule has 140 valence electrons. The van der Waals surface area contributed by atoms with E-state index in [2.05, 4.69) is 21.8 Å². The Morgan fingerprint density at radius 1 is 1.23 bits per heavy atom. The summed E-state index contributed by atoms with van der Waals surface area (Å²) in [5.74, 6) is -0.158. The molecule has 1 aliphatic rings. The van der Waals surface area contributed by atoms with Crippen LogP contribution in [0, 0.1) is 13.8 Å². The Bertz CT molecular complexity index is 897. The van der Waals surface area contributed by atoms with Gasteiger partial charge in [0.1, 0.15) is 10.6 Å². The number of aromatic amines is 1. The van der Waals surface area contributed by atoms with Crippen LogP contribution in [0.4, 0.5) is 0 Å². The van der Waals surface area contributed by atoms with Gasteiger partial charge in [0.25, 0.3) is 0 Å². The summed E-state index contributed by atoms with van der Waals surface area (Å²) in [5.41, 5.74) is 2.27. The monoisotopic (exact) mass is 376 g/mol. The van der Waals surface area contributed by atoms with Crippen LogP contribution in [-0.4, -0.2) is 32.0 Å². The quantitative estimate of drug-likeness (QED) is 0.759. The van der Waals surface area contributed by atoms with E-state index >= 15 is 0 Å². The van der Waals surface area contributed by atoms with Gasteiger partial charge in [-0.2, -0.15) is 0 Å². The Labute approximate surface area is 154 Å². The Kier molecular flexibility index (Phi) is 5.20. The highest BCUT2D eigenvalue weighted by molar-refractivity contribution is 7.89. The number of esters is 1. The summed E-state index contributed by atoms with van der Waals surface area (Å²) < 4.78 is 33.4. The van der Waals surface area contributed by atoms with Gasteiger partial charge in [-0.05, 0) is 45.1 Å². The lowest BCUT2D eigenvalue weighted by molar-refractivity contribution is 0.0519. The van der Waals surface area contributed by atoms with Gasteiger partial charge in [0, 0.05) is 17.3 Å². The minimum Gasteiger partial charge on any atom is -0.461 e. The number of nitrogens with one attached hydrogen (secondary N) is 2. The highest BCUT2D eigenvalue weighted by Crippen LogP contribution is 2.37. The molecule has 1 aromatic heterocycles. The molecule has 0 saturated heterocycles. The van der Waals surface area contributed by atoms with E-state index in [1.165, 1.54) is 5.56 Å². The number of carbonyl (C=O) groups is 1. The molecule has 0 spiro atoms.